The topological polar surface area (TPSA) is 50.2 Å². The number of carbonyl (C=O) groups excluding carboxylic acids is 1. The van der Waals surface area contributed by atoms with Gasteiger partial charge < -0.3 is 14.8 Å². The van der Waals surface area contributed by atoms with Crippen LogP contribution in [0.1, 0.15) is 49.8 Å². The number of hydrogen-bond donors (Lipinski definition) is 1. The third kappa shape index (κ3) is 4.54. The number of amides is 1. The minimum absolute atomic E-state index is 0.0134. The van der Waals surface area contributed by atoms with Crippen molar-refractivity contribution in [2.24, 2.45) is 0 Å². The van der Waals surface area contributed by atoms with Crippen molar-refractivity contribution in [3.8, 4) is 0 Å². The van der Waals surface area contributed by atoms with E-state index < -0.39 is 0 Å². The largest absolute Gasteiger partial charge is 0.337 e. The molecule has 1 aromatic heterocycles. The minimum Gasteiger partial charge on any atom is -0.337 e. The Morgan fingerprint density at radius 2 is 2.06 bits per heavy atom. The van der Waals surface area contributed by atoms with Gasteiger partial charge >= 0.3 is 0 Å². The molecule has 7 heteroatoms. The lowest BCUT2D eigenvalue weighted by atomic mass is 9.97. The summed E-state index contributed by atoms with van der Waals surface area (Å²) in [5.41, 5.74) is 5.49. The van der Waals surface area contributed by atoms with Crippen LogP contribution in [0.15, 0.2) is 48.8 Å². The Morgan fingerprint density at radius 1 is 1.18 bits per heavy atom. The van der Waals surface area contributed by atoms with Gasteiger partial charge in [-0.3, -0.25) is 4.79 Å². The van der Waals surface area contributed by atoms with E-state index in [9.17, 15) is 4.79 Å². The molecule has 0 bridgehead atoms. The average Bonchev–Trinajstić information content (AvgIpc) is 3.27. The van der Waals surface area contributed by atoms with Crippen molar-refractivity contribution in [2.75, 3.05) is 19.6 Å². The summed E-state index contributed by atoms with van der Waals surface area (Å²) in [5.74, 6) is 0.243. The highest BCUT2D eigenvalue weighted by Crippen LogP contribution is 2.32. The van der Waals surface area contributed by atoms with Gasteiger partial charge in [0.15, 0.2) is 0 Å². The Labute approximate surface area is 204 Å². The maximum Gasteiger partial charge on any atom is 0.239 e. The highest BCUT2D eigenvalue weighted by Gasteiger charge is 2.27. The first kappa shape index (κ1) is 22.5. The number of benzene rings is 2. The zero-order valence-corrected chi connectivity index (χ0v) is 20.2. The van der Waals surface area contributed by atoms with E-state index in [0.717, 1.165) is 55.4 Å². The molecule has 172 valence electrons. The van der Waals surface area contributed by atoms with Crippen LogP contribution in [-0.2, 0) is 4.79 Å². The number of nitrogens with one attached hydrogen (secondary N) is 1. The minimum atomic E-state index is -0.0134. The van der Waals surface area contributed by atoms with Crippen LogP contribution in [0.3, 0.4) is 0 Å². The van der Waals surface area contributed by atoms with E-state index in [1.807, 2.05) is 23.4 Å². The SMILES string of the molecule is C[C@H](c1ccc(Cl)cc1Cl)n1cnc2ccc(C3=CCN(C(=O)[C@H]4CCCCN4)CC3)cc21. The van der Waals surface area contributed by atoms with Crippen molar-refractivity contribution in [1.82, 2.24) is 19.8 Å². The Hall–Kier alpha value is -2.34. The number of imidazole rings is 1. The van der Waals surface area contributed by atoms with Gasteiger partial charge in [-0.25, -0.2) is 4.98 Å². The normalized spacial score (nSPS) is 20.0. The van der Waals surface area contributed by atoms with E-state index in [1.165, 1.54) is 11.1 Å². The molecule has 3 aromatic rings. The van der Waals surface area contributed by atoms with Gasteiger partial charge in [0.05, 0.1) is 29.4 Å². The second-order valence-corrected chi connectivity index (χ2v) is 9.81. The molecule has 1 fully saturated rings. The van der Waals surface area contributed by atoms with E-state index in [1.54, 1.807) is 6.07 Å². The number of halogens is 2. The molecule has 0 radical (unpaired) electrons. The van der Waals surface area contributed by atoms with Crippen LogP contribution in [0, 0.1) is 0 Å². The smallest absolute Gasteiger partial charge is 0.239 e. The van der Waals surface area contributed by atoms with Crippen LogP contribution >= 0.6 is 23.2 Å². The van der Waals surface area contributed by atoms with Gasteiger partial charge in [-0.1, -0.05) is 47.8 Å². The molecule has 2 aliphatic rings. The first-order valence-corrected chi connectivity index (χ1v) is 12.4. The number of carbonyl (C=O) groups is 1. The maximum absolute atomic E-state index is 12.8. The number of piperidine rings is 1. The van der Waals surface area contributed by atoms with Gasteiger partial charge in [0.1, 0.15) is 0 Å². The van der Waals surface area contributed by atoms with Gasteiger partial charge in [-0.05, 0) is 73.7 Å². The van der Waals surface area contributed by atoms with Crippen LogP contribution in [0.4, 0.5) is 0 Å². The zero-order valence-electron chi connectivity index (χ0n) is 18.7. The van der Waals surface area contributed by atoms with Crippen molar-refractivity contribution in [2.45, 2.75) is 44.7 Å². The molecule has 5 rings (SSSR count). The van der Waals surface area contributed by atoms with E-state index in [4.69, 9.17) is 23.2 Å². The number of rotatable bonds is 4. The Morgan fingerprint density at radius 3 is 2.79 bits per heavy atom. The quantitative estimate of drug-likeness (QED) is 0.517. The second-order valence-electron chi connectivity index (χ2n) is 8.96. The van der Waals surface area contributed by atoms with Crippen LogP contribution in [0.25, 0.3) is 16.6 Å². The molecule has 33 heavy (non-hydrogen) atoms. The molecule has 5 nitrogen and oxygen atoms in total. The van der Waals surface area contributed by atoms with Gasteiger partial charge in [0, 0.05) is 23.1 Å². The number of nitrogens with zero attached hydrogens (tertiary/aromatic N) is 3. The van der Waals surface area contributed by atoms with Crippen molar-refractivity contribution in [1.29, 1.82) is 0 Å². The number of fused-ring (bicyclic) bond motifs is 1. The first-order chi connectivity index (χ1) is 16.0. The molecular formula is C26H28Cl2N4O. The predicted octanol–water partition coefficient (Wildman–Crippen LogP) is 5.71. The molecule has 1 N–H and O–H groups in total. The van der Waals surface area contributed by atoms with E-state index in [0.29, 0.717) is 16.6 Å². The van der Waals surface area contributed by atoms with Gasteiger partial charge in [-0.15, -0.1) is 0 Å². The molecule has 0 saturated carbocycles. The van der Waals surface area contributed by atoms with Crippen LogP contribution in [0.2, 0.25) is 10.0 Å². The molecule has 0 spiro atoms. The van der Waals surface area contributed by atoms with Gasteiger partial charge in [-0.2, -0.15) is 0 Å². The van der Waals surface area contributed by atoms with Crippen LogP contribution in [-0.4, -0.2) is 46.0 Å². The molecule has 2 aromatic carbocycles. The Bertz CT molecular complexity index is 1210. The third-order valence-electron chi connectivity index (χ3n) is 6.90. The molecule has 0 unspecified atom stereocenters. The van der Waals surface area contributed by atoms with E-state index in [2.05, 4.69) is 46.1 Å². The fraction of sp³-hybridized carbons (Fsp3) is 0.385. The molecular weight excluding hydrogens is 455 g/mol. The Kier molecular flexibility index (Phi) is 6.46. The third-order valence-corrected chi connectivity index (χ3v) is 7.47. The fourth-order valence-corrected chi connectivity index (χ4v) is 5.51. The summed E-state index contributed by atoms with van der Waals surface area (Å²) >= 11 is 12.6. The monoisotopic (exact) mass is 482 g/mol. The highest BCUT2D eigenvalue weighted by molar-refractivity contribution is 6.35. The molecule has 3 heterocycles. The summed E-state index contributed by atoms with van der Waals surface area (Å²) < 4.78 is 2.15. The first-order valence-electron chi connectivity index (χ1n) is 11.6. The Balaban J connectivity index is 1.37. The standard InChI is InChI=1S/C26H28Cl2N4O/c1-17(21-7-6-20(27)15-22(21)28)32-16-30-23-8-5-19(14-25(23)32)18-9-12-31(13-10-18)26(33)24-4-2-3-11-29-24/h5-9,14-17,24,29H,2-4,10-13H2,1H3/t17-,24-/m1/s1. The maximum atomic E-state index is 12.8. The molecule has 2 aliphatic heterocycles. The highest BCUT2D eigenvalue weighted by atomic mass is 35.5. The van der Waals surface area contributed by atoms with Gasteiger partial charge in [0.25, 0.3) is 0 Å². The van der Waals surface area contributed by atoms with E-state index in [-0.39, 0.29) is 18.0 Å². The lowest BCUT2D eigenvalue weighted by molar-refractivity contribution is -0.133. The fourth-order valence-electron chi connectivity index (χ4n) is 4.94. The van der Waals surface area contributed by atoms with Crippen molar-refractivity contribution in [3.05, 3.63) is 70.0 Å². The molecule has 2 atom stereocenters. The van der Waals surface area contributed by atoms with Crippen molar-refractivity contribution < 1.29 is 4.79 Å². The van der Waals surface area contributed by atoms with Gasteiger partial charge in [0.2, 0.25) is 5.91 Å². The van der Waals surface area contributed by atoms with Crippen LogP contribution in [0.5, 0.6) is 0 Å². The van der Waals surface area contributed by atoms with Crippen molar-refractivity contribution >= 4 is 45.7 Å². The summed E-state index contributed by atoms with van der Waals surface area (Å²) in [6, 6.07) is 12.0. The summed E-state index contributed by atoms with van der Waals surface area (Å²) in [5, 5.41) is 4.66. The summed E-state index contributed by atoms with van der Waals surface area (Å²) in [6.07, 6.45) is 8.17. The summed E-state index contributed by atoms with van der Waals surface area (Å²) in [4.78, 5) is 19.4. The summed E-state index contributed by atoms with van der Waals surface area (Å²) in [6.45, 7) is 4.49. The van der Waals surface area contributed by atoms with Crippen LogP contribution < -0.4 is 5.32 Å². The number of hydrogen-bond acceptors (Lipinski definition) is 3. The molecule has 1 amide bonds. The molecule has 0 aliphatic carbocycles. The number of aromatic nitrogens is 2. The summed E-state index contributed by atoms with van der Waals surface area (Å²) in [7, 11) is 0. The predicted molar refractivity (Wildman–Crippen MR) is 135 cm³/mol. The molecule has 1 saturated heterocycles. The average molecular weight is 483 g/mol. The second kappa shape index (κ2) is 9.49. The lowest BCUT2D eigenvalue weighted by Crippen LogP contribution is -2.49. The van der Waals surface area contributed by atoms with E-state index >= 15 is 0 Å². The zero-order chi connectivity index (χ0) is 22.9. The lowest BCUT2D eigenvalue weighted by Gasteiger charge is -2.32. The van der Waals surface area contributed by atoms with Crippen molar-refractivity contribution in [3.63, 3.8) is 0 Å².